The van der Waals surface area contributed by atoms with Crippen molar-refractivity contribution >= 4 is 12.1 Å². The Labute approximate surface area is 112 Å². The number of aliphatic carboxylic acids is 1. The molecule has 1 amide bonds. The summed E-state index contributed by atoms with van der Waals surface area (Å²) in [6, 6.07) is 0. The Kier molecular flexibility index (Phi) is 3.47. The molecule has 0 aromatic heterocycles. The fourth-order valence-corrected chi connectivity index (χ4v) is 2.19. The summed E-state index contributed by atoms with van der Waals surface area (Å²) in [5.74, 6) is -0.894. The molecule has 2 fully saturated rings. The van der Waals surface area contributed by atoms with Gasteiger partial charge < -0.3 is 19.5 Å². The second-order valence-electron chi connectivity index (χ2n) is 6.28. The number of carbonyl (C=O) groups excluding carboxylic acids is 1. The lowest BCUT2D eigenvalue weighted by molar-refractivity contribution is -0.203. The Balaban J connectivity index is 1.77. The van der Waals surface area contributed by atoms with Gasteiger partial charge in [-0.1, -0.05) is 0 Å². The summed E-state index contributed by atoms with van der Waals surface area (Å²) in [5, 5.41) is 9.15. The molecule has 1 aliphatic heterocycles. The topological polar surface area (TPSA) is 76.1 Å². The van der Waals surface area contributed by atoms with E-state index in [2.05, 4.69) is 0 Å². The van der Waals surface area contributed by atoms with Crippen molar-refractivity contribution in [1.29, 1.82) is 0 Å². The first kappa shape index (κ1) is 14.1. The molecule has 0 aromatic carbocycles. The van der Waals surface area contributed by atoms with Gasteiger partial charge in [-0.25, -0.2) is 9.59 Å². The highest BCUT2D eigenvalue weighted by Gasteiger charge is 2.49. The SMILES string of the molecule is CC(C)(C)OC(=O)N1CC(OC2(C(=O)O)CCC2)C1. The molecular formula is C13H21NO5. The molecule has 19 heavy (non-hydrogen) atoms. The summed E-state index contributed by atoms with van der Waals surface area (Å²) in [7, 11) is 0. The maximum absolute atomic E-state index is 11.7. The number of nitrogens with zero attached hydrogens (tertiary/aromatic N) is 1. The molecule has 0 spiro atoms. The Hall–Kier alpha value is -1.30. The summed E-state index contributed by atoms with van der Waals surface area (Å²) in [6.45, 7) is 6.25. The normalized spacial score (nSPS) is 22.4. The highest BCUT2D eigenvalue weighted by atomic mass is 16.6. The van der Waals surface area contributed by atoms with Crippen molar-refractivity contribution in [3.8, 4) is 0 Å². The van der Waals surface area contributed by atoms with Crippen molar-refractivity contribution in [3.63, 3.8) is 0 Å². The van der Waals surface area contributed by atoms with E-state index in [1.54, 1.807) is 0 Å². The predicted octanol–water partition coefficient (Wildman–Crippen LogP) is 1.63. The molecule has 2 rings (SSSR count). The van der Waals surface area contributed by atoms with Crippen LogP contribution in [0.3, 0.4) is 0 Å². The van der Waals surface area contributed by atoms with Crippen molar-refractivity contribution in [1.82, 2.24) is 4.90 Å². The van der Waals surface area contributed by atoms with Gasteiger partial charge in [-0.3, -0.25) is 0 Å². The molecule has 1 saturated carbocycles. The van der Waals surface area contributed by atoms with E-state index < -0.39 is 17.2 Å². The first-order valence-electron chi connectivity index (χ1n) is 6.61. The van der Waals surface area contributed by atoms with Crippen LogP contribution in [0.4, 0.5) is 4.79 Å². The molecule has 0 radical (unpaired) electrons. The van der Waals surface area contributed by atoms with Gasteiger partial charge >= 0.3 is 12.1 Å². The van der Waals surface area contributed by atoms with Crippen molar-refractivity contribution < 1.29 is 24.2 Å². The van der Waals surface area contributed by atoms with Crippen molar-refractivity contribution in [2.45, 2.75) is 57.3 Å². The smallest absolute Gasteiger partial charge is 0.410 e. The van der Waals surface area contributed by atoms with Gasteiger partial charge in [-0.15, -0.1) is 0 Å². The zero-order valence-corrected chi connectivity index (χ0v) is 11.6. The van der Waals surface area contributed by atoms with Crippen LogP contribution >= 0.6 is 0 Å². The van der Waals surface area contributed by atoms with Crippen molar-refractivity contribution in [3.05, 3.63) is 0 Å². The molecule has 6 nitrogen and oxygen atoms in total. The third-order valence-electron chi connectivity index (χ3n) is 3.44. The molecular weight excluding hydrogens is 250 g/mol. The molecule has 1 saturated heterocycles. The number of hydrogen-bond donors (Lipinski definition) is 1. The summed E-state index contributed by atoms with van der Waals surface area (Å²) < 4.78 is 10.9. The minimum atomic E-state index is -1.01. The summed E-state index contributed by atoms with van der Waals surface area (Å²) in [6.07, 6.45) is 1.44. The van der Waals surface area contributed by atoms with Crippen LogP contribution in [0.25, 0.3) is 0 Å². The van der Waals surface area contributed by atoms with Gasteiger partial charge in [-0.05, 0) is 40.0 Å². The predicted molar refractivity (Wildman–Crippen MR) is 66.9 cm³/mol. The first-order chi connectivity index (χ1) is 8.72. The Morgan fingerprint density at radius 1 is 1.26 bits per heavy atom. The Morgan fingerprint density at radius 3 is 2.21 bits per heavy atom. The van der Waals surface area contributed by atoms with E-state index >= 15 is 0 Å². The number of ether oxygens (including phenoxy) is 2. The highest BCUT2D eigenvalue weighted by molar-refractivity contribution is 5.78. The lowest BCUT2D eigenvalue weighted by atomic mass is 9.79. The third kappa shape index (κ3) is 3.00. The highest BCUT2D eigenvalue weighted by Crippen LogP contribution is 2.38. The van der Waals surface area contributed by atoms with Crippen LogP contribution in [0.1, 0.15) is 40.0 Å². The number of hydrogen-bond acceptors (Lipinski definition) is 4. The molecule has 2 aliphatic rings. The summed E-state index contributed by atoms with van der Waals surface area (Å²) >= 11 is 0. The average Bonchev–Trinajstić information content (AvgIpc) is 2.08. The van der Waals surface area contributed by atoms with Gasteiger partial charge in [0.1, 0.15) is 5.60 Å². The number of rotatable bonds is 3. The second-order valence-corrected chi connectivity index (χ2v) is 6.28. The maximum Gasteiger partial charge on any atom is 0.410 e. The number of carboxylic acid groups (broad SMARTS) is 1. The number of likely N-dealkylation sites (tertiary alicyclic amines) is 1. The van der Waals surface area contributed by atoms with Crippen LogP contribution < -0.4 is 0 Å². The van der Waals surface area contributed by atoms with Gasteiger partial charge in [0, 0.05) is 0 Å². The largest absolute Gasteiger partial charge is 0.479 e. The minimum absolute atomic E-state index is 0.191. The monoisotopic (exact) mass is 271 g/mol. The van der Waals surface area contributed by atoms with E-state index in [-0.39, 0.29) is 12.2 Å². The minimum Gasteiger partial charge on any atom is -0.479 e. The second kappa shape index (κ2) is 4.67. The van der Waals surface area contributed by atoms with Crippen LogP contribution in [-0.2, 0) is 14.3 Å². The standard InChI is InChI=1S/C13H21NO5/c1-12(2,3)19-11(17)14-7-9(8-14)18-13(10(15)16)5-4-6-13/h9H,4-8H2,1-3H3,(H,15,16). The van der Waals surface area contributed by atoms with E-state index in [9.17, 15) is 9.59 Å². The molecule has 0 atom stereocenters. The number of carboxylic acids is 1. The lowest BCUT2D eigenvalue weighted by Gasteiger charge is -2.46. The van der Waals surface area contributed by atoms with E-state index in [0.717, 1.165) is 6.42 Å². The molecule has 0 aromatic rings. The van der Waals surface area contributed by atoms with Crippen LogP contribution in [0.15, 0.2) is 0 Å². The van der Waals surface area contributed by atoms with E-state index in [1.807, 2.05) is 20.8 Å². The summed E-state index contributed by atoms with van der Waals surface area (Å²) in [5.41, 5.74) is -1.52. The molecule has 6 heteroatoms. The molecule has 0 unspecified atom stereocenters. The fourth-order valence-electron chi connectivity index (χ4n) is 2.19. The fraction of sp³-hybridized carbons (Fsp3) is 0.846. The van der Waals surface area contributed by atoms with Gasteiger partial charge in [-0.2, -0.15) is 0 Å². The van der Waals surface area contributed by atoms with Gasteiger partial charge in [0.15, 0.2) is 5.60 Å². The van der Waals surface area contributed by atoms with Crippen molar-refractivity contribution in [2.75, 3.05) is 13.1 Å². The molecule has 0 bridgehead atoms. The van der Waals surface area contributed by atoms with E-state index in [0.29, 0.717) is 25.9 Å². The van der Waals surface area contributed by atoms with E-state index in [1.165, 1.54) is 4.90 Å². The van der Waals surface area contributed by atoms with Crippen LogP contribution in [0.5, 0.6) is 0 Å². The zero-order chi connectivity index (χ0) is 14.3. The molecule has 1 aliphatic carbocycles. The Bertz CT molecular complexity index is 377. The molecule has 108 valence electrons. The molecule has 1 heterocycles. The first-order valence-corrected chi connectivity index (χ1v) is 6.61. The van der Waals surface area contributed by atoms with Crippen LogP contribution in [0.2, 0.25) is 0 Å². The lowest BCUT2D eigenvalue weighted by Crippen LogP contribution is -2.61. The van der Waals surface area contributed by atoms with Gasteiger partial charge in [0.25, 0.3) is 0 Å². The quantitative estimate of drug-likeness (QED) is 0.844. The van der Waals surface area contributed by atoms with Gasteiger partial charge in [0.2, 0.25) is 0 Å². The van der Waals surface area contributed by atoms with Crippen molar-refractivity contribution in [2.24, 2.45) is 0 Å². The molecule has 1 N–H and O–H groups in total. The number of carbonyl (C=O) groups is 2. The van der Waals surface area contributed by atoms with E-state index in [4.69, 9.17) is 14.6 Å². The maximum atomic E-state index is 11.7. The summed E-state index contributed by atoms with van der Waals surface area (Å²) in [4.78, 5) is 24.4. The van der Waals surface area contributed by atoms with Gasteiger partial charge in [0.05, 0.1) is 19.2 Å². The zero-order valence-electron chi connectivity index (χ0n) is 11.6. The third-order valence-corrected chi connectivity index (χ3v) is 3.44. The Morgan fingerprint density at radius 2 is 1.84 bits per heavy atom. The van der Waals surface area contributed by atoms with Crippen LogP contribution in [-0.4, -0.2) is 52.5 Å². The van der Waals surface area contributed by atoms with Crippen LogP contribution in [0, 0.1) is 0 Å². The number of amides is 1. The average molecular weight is 271 g/mol.